The smallest absolute Gasteiger partial charge is 0.331 e. The number of nitrogens with one attached hydrogen (secondary N) is 1. The number of carbonyl (C=O) groups is 1. The van der Waals surface area contributed by atoms with Gasteiger partial charge in [0, 0.05) is 12.1 Å². The van der Waals surface area contributed by atoms with Crippen LogP contribution < -0.4 is 10.6 Å². The first kappa shape index (κ1) is 17.3. The van der Waals surface area contributed by atoms with Crippen molar-refractivity contribution in [1.82, 2.24) is 4.90 Å². The summed E-state index contributed by atoms with van der Waals surface area (Å²) in [5.74, 6) is -0.282. The Bertz CT molecular complexity index is 531. The van der Waals surface area contributed by atoms with Crippen molar-refractivity contribution < 1.29 is 4.79 Å². The number of para-hydroxylation sites is 1. The lowest BCUT2D eigenvalue weighted by Crippen LogP contribution is -2.57. The van der Waals surface area contributed by atoms with Crippen molar-refractivity contribution in [3.8, 4) is 0 Å². The number of benzene rings is 1. The lowest BCUT2D eigenvalue weighted by molar-refractivity contribution is 0.196. The van der Waals surface area contributed by atoms with Crippen molar-refractivity contribution in [2.24, 2.45) is 5.73 Å². The van der Waals surface area contributed by atoms with E-state index in [0.29, 0.717) is 17.3 Å². The highest BCUT2D eigenvalue weighted by Gasteiger charge is 2.33. The Hall–Kier alpha value is -1.75. The van der Waals surface area contributed by atoms with Crippen LogP contribution in [0.1, 0.15) is 33.3 Å². The van der Waals surface area contributed by atoms with Crippen LogP contribution in [0.25, 0.3) is 0 Å². The van der Waals surface area contributed by atoms with Crippen LogP contribution in [0.3, 0.4) is 0 Å². The first-order valence-corrected chi connectivity index (χ1v) is 7.20. The summed E-state index contributed by atoms with van der Waals surface area (Å²) in [5, 5.41) is 8.20. The number of carbonyl (C=O) groups excluding carboxylic acids is 1. The summed E-state index contributed by atoms with van der Waals surface area (Å²) in [6, 6.07) is 5.13. The average Bonchev–Trinajstić information content (AvgIpc) is 2.31. The molecule has 0 aromatic heterocycles. The number of hydrogen-bond donors (Lipinski definition) is 2. The van der Waals surface area contributed by atoms with E-state index in [4.69, 9.17) is 22.7 Å². The molecule has 6 heteroatoms. The molecule has 2 amide bonds. The number of aryl methyl sites for hydroxylation is 1. The fourth-order valence-corrected chi connectivity index (χ4v) is 2.55. The fourth-order valence-electron chi connectivity index (χ4n) is 2.23. The zero-order valence-electron chi connectivity index (χ0n) is 13.2. The predicted octanol–water partition coefficient (Wildman–Crippen LogP) is 3.59. The second-order valence-electron chi connectivity index (χ2n) is 5.82. The third-order valence-corrected chi connectivity index (χ3v) is 3.41. The summed E-state index contributed by atoms with van der Waals surface area (Å²) in [4.78, 5) is 15.6. The van der Waals surface area contributed by atoms with E-state index >= 15 is 0 Å². The third kappa shape index (κ3) is 3.67. The molecule has 1 aromatic rings. The standard InChI is InChI=1S/C15H23ClN4O/c1-6-19(12-10(2)8-7-9-11(12)16)14(21)20(13(17)18)15(3,4)5/h7-9H,6H2,1-5H3,(H3,17,18). The molecule has 116 valence electrons. The van der Waals surface area contributed by atoms with E-state index in [1.165, 1.54) is 4.90 Å². The van der Waals surface area contributed by atoms with Crippen LogP contribution in [0, 0.1) is 12.3 Å². The van der Waals surface area contributed by atoms with Crippen LogP contribution in [0.15, 0.2) is 18.2 Å². The molecule has 1 aromatic carbocycles. The van der Waals surface area contributed by atoms with Gasteiger partial charge in [-0.3, -0.25) is 15.2 Å². The van der Waals surface area contributed by atoms with Gasteiger partial charge in [-0.2, -0.15) is 0 Å². The van der Waals surface area contributed by atoms with Crippen molar-refractivity contribution in [2.75, 3.05) is 11.4 Å². The number of anilines is 1. The van der Waals surface area contributed by atoms with Gasteiger partial charge in [0.05, 0.1) is 10.7 Å². The molecule has 3 N–H and O–H groups in total. The monoisotopic (exact) mass is 310 g/mol. The summed E-state index contributed by atoms with van der Waals surface area (Å²) in [5.41, 5.74) is 6.56. The summed E-state index contributed by atoms with van der Waals surface area (Å²) in [6.45, 7) is 9.69. The van der Waals surface area contributed by atoms with Crippen molar-refractivity contribution in [3.63, 3.8) is 0 Å². The van der Waals surface area contributed by atoms with Gasteiger partial charge in [0.25, 0.3) is 0 Å². The van der Waals surface area contributed by atoms with Gasteiger partial charge in [0.2, 0.25) is 0 Å². The van der Waals surface area contributed by atoms with E-state index in [1.54, 1.807) is 11.0 Å². The zero-order chi connectivity index (χ0) is 16.4. The summed E-state index contributed by atoms with van der Waals surface area (Å²) < 4.78 is 0. The van der Waals surface area contributed by atoms with Gasteiger partial charge in [0.1, 0.15) is 0 Å². The van der Waals surface area contributed by atoms with E-state index in [-0.39, 0.29) is 12.0 Å². The molecule has 0 heterocycles. The van der Waals surface area contributed by atoms with Gasteiger partial charge in [0.15, 0.2) is 5.96 Å². The second-order valence-corrected chi connectivity index (χ2v) is 6.23. The maximum Gasteiger partial charge on any atom is 0.331 e. The Morgan fingerprint density at radius 3 is 2.33 bits per heavy atom. The lowest BCUT2D eigenvalue weighted by atomic mass is 10.1. The Morgan fingerprint density at radius 1 is 1.38 bits per heavy atom. The molecule has 0 fully saturated rings. The molecule has 0 saturated carbocycles. The SMILES string of the molecule is CCN(C(=O)N(C(=N)N)C(C)(C)C)c1c(C)cccc1Cl. The molecule has 5 nitrogen and oxygen atoms in total. The summed E-state index contributed by atoms with van der Waals surface area (Å²) in [7, 11) is 0. The molecule has 1 rings (SSSR count). The number of urea groups is 1. The minimum Gasteiger partial charge on any atom is -0.370 e. The number of nitrogens with two attached hydrogens (primary N) is 1. The molecular formula is C15H23ClN4O. The van der Waals surface area contributed by atoms with Crippen LogP contribution in [0.4, 0.5) is 10.5 Å². The highest BCUT2D eigenvalue weighted by Crippen LogP contribution is 2.31. The van der Waals surface area contributed by atoms with Crippen LogP contribution in [0.2, 0.25) is 5.02 Å². The van der Waals surface area contributed by atoms with Gasteiger partial charge >= 0.3 is 6.03 Å². The van der Waals surface area contributed by atoms with Gasteiger partial charge in [-0.25, -0.2) is 4.79 Å². The number of guanidine groups is 1. The van der Waals surface area contributed by atoms with Crippen molar-refractivity contribution in [3.05, 3.63) is 28.8 Å². The van der Waals surface area contributed by atoms with Crippen LogP contribution >= 0.6 is 11.6 Å². The molecule has 0 radical (unpaired) electrons. The predicted molar refractivity (Wildman–Crippen MR) is 88.1 cm³/mol. The van der Waals surface area contributed by atoms with E-state index < -0.39 is 5.54 Å². The largest absolute Gasteiger partial charge is 0.370 e. The van der Waals surface area contributed by atoms with Crippen LogP contribution in [-0.4, -0.2) is 29.0 Å². The van der Waals surface area contributed by atoms with Gasteiger partial charge in [-0.1, -0.05) is 23.7 Å². The topological polar surface area (TPSA) is 73.4 Å². The number of nitrogens with zero attached hydrogens (tertiary/aromatic N) is 2. The number of hydrogen-bond acceptors (Lipinski definition) is 2. The Balaban J connectivity index is 3.33. The van der Waals surface area contributed by atoms with Crippen LogP contribution in [0.5, 0.6) is 0 Å². The maximum absolute atomic E-state index is 12.8. The number of amides is 2. The highest BCUT2D eigenvalue weighted by molar-refractivity contribution is 6.34. The molecule has 0 spiro atoms. The molecule has 0 aliphatic heterocycles. The number of halogens is 1. The minimum absolute atomic E-state index is 0.282. The molecule has 0 bridgehead atoms. The Morgan fingerprint density at radius 2 is 1.95 bits per heavy atom. The second kappa shape index (κ2) is 6.35. The molecule has 0 saturated heterocycles. The van der Waals surface area contributed by atoms with Gasteiger partial charge in [-0.15, -0.1) is 0 Å². The summed E-state index contributed by atoms with van der Waals surface area (Å²) >= 11 is 6.25. The van der Waals surface area contributed by atoms with Gasteiger partial charge < -0.3 is 5.73 Å². The normalized spacial score (nSPS) is 11.1. The zero-order valence-corrected chi connectivity index (χ0v) is 14.0. The Labute approximate surface area is 131 Å². The van der Waals surface area contributed by atoms with Crippen molar-refractivity contribution in [1.29, 1.82) is 5.41 Å². The Kier molecular flexibility index (Phi) is 5.23. The summed E-state index contributed by atoms with van der Waals surface area (Å²) in [6.07, 6.45) is 0. The first-order valence-electron chi connectivity index (χ1n) is 6.82. The third-order valence-electron chi connectivity index (χ3n) is 3.11. The molecule has 0 aliphatic rings. The van der Waals surface area contributed by atoms with Crippen molar-refractivity contribution >= 4 is 29.3 Å². The quantitative estimate of drug-likeness (QED) is 0.647. The number of rotatable bonds is 2. The first-order chi connectivity index (χ1) is 9.61. The van der Waals surface area contributed by atoms with E-state index in [9.17, 15) is 4.79 Å². The molecular weight excluding hydrogens is 288 g/mol. The van der Waals surface area contributed by atoms with Gasteiger partial charge in [-0.05, 0) is 46.2 Å². The van der Waals surface area contributed by atoms with E-state index in [0.717, 1.165) is 5.56 Å². The van der Waals surface area contributed by atoms with Crippen molar-refractivity contribution in [2.45, 2.75) is 40.2 Å². The lowest BCUT2D eigenvalue weighted by Gasteiger charge is -2.38. The van der Waals surface area contributed by atoms with E-state index in [1.807, 2.05) is 46.8 Å². The molecule has 0 unspecified atom stereocenters. The fraction of sp³-hybridized carbons (Fsp3) is 0.467. The molecule has 0 atom stereocenters. The maximum atomic E-state index is 12.8. The molecule has 21 heavy (non-hydrogen) atoms. The van der Waals surface area contributed by atoms with Crippen LogP contribution in [-0.2, 0) is 0 Å². The highest BCUT2D eigenvalue weighted by atomic mass is 35.5. The molecule has 0 aliphatic carbocycles. The minimum atomic E-state index is -0.592. The average molecular weight is 311 g/mol. The van der Waals surface area contributed by atoms with E-state index in [2.05, 4.69) is 0 Å².